The molecule has 0 aromatic carbocycles. The molecule has 0 radical (unpaired) electrons. The van der Waals surface area contributed by atoms with Gasteiger partial charge in [-0.1, -0.05) is 26.2 Å². The van der Waals surface area contributed by atoms with Crippen molar-refractivity contribution in [3.05, 3.63) is 33.1 Å². The van der Waals surface area contributed by atoms with Gasteiger partial charge in [-0.15, -0.1) is 0 Å². The molecule has 0 bridgehead atoms. The van der Waals surface area contributed by atoms with Crippen molar-refractivity contribution < 1.29 is 0 Å². The summed E-state index contributed by atoms with van der Waals surface area (Å²) in [7, 11) is 0. The van der Waals surface area contributed by atoms with Crippen LogP contribution in [0.25, 0.3) is 0 Å². The Labute approximate surface area is 107 Å². The van der Waals surface area contributed by atoms with Crippen LogP contribution in [-0.4, -0.2) is 22.1 Å². The second kappa shape index (κ2) is 7.87. The highest BCUT2D eigenvalue weighted by Crippen LogP contribution is 2.02. The number of nitrogens with zero attached hydrogens (tertiary/aromatic N) is 1. The fourth-order valence-corrected chi connectivity index (χ4v) is 1.85. The number of aromatic nitrogens is 2. The first-order chi connectivity index (χ1) is 8.63. The molecule has 5 heteroatoms. The predicted octanol–water partition coefficient (Wildman–Crippen LogP) is 1.09. The third-order valence-corrected chi connectivity index (χ3v) is 2.98. The maximum Gasteiger partial charge on any atom is 0.328 e. The third kappa shape index (κ3) is 5.31. The number of hydrogen-bond donors (Lipinski definition) is 2. The number of unbranched alkanes of at least 4 members (excludes halogenated alkanes) is 2. The van der Waals surface area contributed by atoms with Crippen LogP contribution >= 0.6 is 0 Å². The molecule has 0 aliphatic rings. The molecule has 0 saturated carbocycles. The maximum absolute atomic E-state index is 11.4. The molecule has 1 aromatic rings. The summed E-state index contributed by atoms with van der Waals surface area (Å²) in [5, 5.41) is 3.38. The van der Waals surface area contributed by atoms with Gasteiger partial charge >= 0.3 is 5.69 Å². The average Bonchev–Trinajstić information content (AvgIpc) is 2.32. The molecule has 102 valence electrons. The fraction of sp³-hybridized carbons (Fsp3) is 0.692. The van der Waals surface area contributed by atoms with Crippen LogP contribution < -0.4 is 16.6 Å². The van der Waals surface area contributed by atoms with Crippen LogP contribution in [0.4, 0.5) is 0 Å². The van der Waals surface area contributed by atoms with Gasteiger partial charge in [0.15, 0.2) is 0 Å². The smallest absolute Gasteiger partial charge is 0.312 e. The molecular formula is C13H23N3O2. The Morgan fingerprint density at radius 1 is 1.39 bits per heavy atom. The molecule has 1 heterocycles. The number of nitrogens with one attached hydrogen (secondary N) is 2. The van der Waals surface area contributed by atoms with E-state index in [-0.39, 0.29) is 11.2 Å². The minimum atomic E-state index is -0.350. The van der Waals surface area contributed by atoms with Crippen LogP contribution in [0.3, 0.4) is 0 Å². The van der Waals surface area contributed by atoms with E-state index in [1.165, 1.54) is 36.1 Å². The van der Waals surface area contributed by atoms with Crippen molar-refractivity contribution in [3.8, 4) is 0 Å². The molecule has 5 nitrogen and oxygen atoms in total. The van der Waals surface area contributed by atoms with Crippen LogP contribution in [-0.2, 0) is 6.54 Å². The molecule has 0 aliphatic carbocycles. The molecule has 1 aromatic heterocycles. The summed E-state index contributed by atoms with van der Waals surface area (Å²) in [4.78, 5) is 24.5. The van der Waals surface area contributed by atoms with Gasteiger partial charge in [-0.25, -0.2) is 4.79 Å². The van der Waals surface area contributed by atoms with E-state index in [9.17, 15) is 9.59 Å². The Morgan fingerprint density at radius 3 is 2.83 bits per heavy atom. The summed E-state index contributed by atoms with van der Waals surface area (Å²) in [6.07, 6.45) is 6.44. The van der Waals surface area contributed by atoms with E-state index in [1.807, 2.05) is 0 Å². The molecule has 0 spiro atoms. The Morgan fingerprint density at radius 2 is 2.17 bits per heavy atom. The minimum absolute atomic E-state index is 0.345. The summed E-state index contributed by atoms with van der Waals surface area (Å²) in [6, 6.07) is 1.83. The molecule has 1 atom stereocenters. The van der Waals surface area contributed by atoms with E-state index in [0.29, 0.717) is 12.6 Å². The molecule has 0 saturated heterocycles. The average molecular weight is 253 g/mol. The van der Waals surface area contributed by atoms with Crippen molar-refractivity contribution >= 4 is 0 Å². The van der Waals surface area contributed by atoms with Crippen molar-refractivity contribution in [2.75, 3.05) is 6.54 Å². The van der Waals surface area contributed by atoms with Gasteiger partial charge in [0, 0.05) is 31.4 Å². The highest BCUT2D eigenvalue weighted by atomic mass is 16.2. The zero-order valence-electron chi connectivity index (χ0n) is 11.2. The topological polar surface area (TPSA) is 66.9 Å². The number of H-pyrrole nitrogens is 1. The first kappa shape index (κ1) is 14.7. The van der Waals surface area contributed by atoms with Crippen molar-refractivity contribution in [2.24, 2.45) is 0 Å². The van der Waals surface area contributed by atoms with Crippen molar-refractivity contribution in [2.45, 2.75) is 52.1 Å². The van der Waals surface area contributed by atoms with E-state index >= 15 is 0 Å². The molecule has 0 aliphatic heterocycles. The van der Waals surface area contributed by atoms with Crippen LogP contribution in [0.2, 0.25) is 0 Å². The van der Waals surface area contributed by atoms with Gasteiger partial charge in [-0.05, 0) is 13.3 Å². The largest absolute Gasteiger partial charge is 0.328 e. The second-order valence-electron chi connectivity index (χ2n) is 4.65. The SMILES string of the molecule is CCCCCC(C)NCCn1ccc(=O)[nH]c1=O. The van der Waals surface area contributed by atoms with Gasteiger partial charge in [-0.2, -0.15) is 0 Å². The van der Waals surface area contributed by atoms with Crippen molar-refractivity contribution in [1.29, 1.82) is 0 Å². The Bertz CT molecular complexity index is 450. The summed E-state index contributed by atoms with van der Waals surface area (Å²) < 4.78 is 1.51. The molecule has 0 amide bonds. The normalized spacial score (nSPS) is 12.6. The monoisotopic (exact) mass is 253 g/mol. The van der Waals surface area contributed by atoms with Crippen LogP contribution in [0.15, 0.2) is 21.9 Å². The first-order valence-electron chi connectivity index (χ1n) is 6.66. The number of aromatic amines is 1. The number of hydrogen-bond acceptors (Lipinski definition) is 3. The second-order valence-corrected chi connectivity index (χ2v) is 4.65. The molecule has 1 unspecified atom stereocenters. The van der Waals surface area contributed by atoms with E-state index in [2.05, 4.69) is 24.1 Å². The first-order valence-corrected chi connectivity index (χ1v) is 6.66. The highest BCUT2D eigenvalue weighted by molar-refractivity contribution is 4.82. The van der Waals surface area contributed by atoms with Gasteiger partial charge in [0.2, 0.25) is 0 Å². The number of rotatable bonds is 8. The summed E-state index contributed by atoms with van der Waals surface area (Å²) in [5.41, 5.74) is -0.694. The Kier molecular flexibility index (Phi) is 6.43. The lowest BCUT2D eigenvalue weighted by Crippen LogP contribution is -2.34. The molecular weight excluding hydrogens is 230 g/mol. The molecule has 0 fully saturated rings. The zero-order chi connectivity index (χ0) is 13.4. The van der Waals surface area contributed by atoms with Gasteiger partial charge in [-0.3, -0.25) is 14.3 Å². The van der Waals surface area contributed by atoms with E-state index in [1.54, 1.807) is 0 Å². The van der Waals surface area contributed by atoms with E-state index in [0.717, 1.165) is 13.0 Å². The van der Waals surface area contributed by atoms with Crippen molar-refractivity contribution in [3.63, 3.8) is 0 Å². The zero-order valence-corrected chi connectivity index (χ0v) is 11.2. The minimum Gasteiger partial charge on any atom is -0.312 e. The summed E-state index contributed by atoms with van der Waals surface area (Å²) >= 11 is 0. The van der Waals surface area contributed by atoms with Crippen LogP contribution in [0.1, 0.15) is 39.5 Å². The molecule has 2 N–H and O–H groups in total. The summed E-state index contributed by atoms with van der Waals surface area (Å²) in [5.74, 6) is 0. The van der Waals surface area contributed by atoms with Gasteiger partial charge in [0.05, 0.1) is 0 Å². The van der Waals surface area contributed by atoms with Crippen molar-refractivity contribution in [1.82, 2.24) is 14.9 Å². The Balaban J connectivity index is 2.28. The highest BCUT2D eigenvalue weighted by Gasteiger charge is 2.01. The molecule has 1 rings (SSSR count). The fourth-order valence-electron chi connectivity index (χ4n) is 1.85. The van der Waals surface area contributed by atoms with Gasteiger partial charge in [0.25, 0.3) is 5.56 Å². The van der Waals surface area contributed by atoms with E-state index < -0.39 is 0 Å². The Hall–Kier alpha value is -1.36. The van der Waals surface area contributed by atoms with E-state index in [4.69, 9.17) is 0 Å². The van der Waals surface area contributed by atoms with Crippen LogP contribution in [0, 0.1) is 0 Å². The molecule has 18 heavy (non-hydrogen) atoms. The van der Waals surface area contributed by atoms with Gasteiger partial charge in [0.1, 0.15) is 0 Å². The third-order valence-electron chi connectivity index (χ3n) is 2.98. The maximum atomic E-state index is 11.4. The quantitative estimate of drug-likeness (QED) is 0.682. The lowest BCUT2D eigenvalue weighted by molar-refractivity contribution is 0.465. The lowest BCUT2D eigenvalue weighted by Gasteiger charge is -2.13. The lowest BCUT2D eigenvalue weighted by atomic mass is 10.1. The standard InChI is InChI=1S/C13H23N3O2/c1-3-4-5-6-11(2)14-8-10-16-9-7-12(17)15-13(16)18/h7,9,11,14H,3-6,8,10H2,1-2H3,(H,15,17,18). The predicted molar refractivity (Wildman–Crippen MR) is 72.9 cm³/mol. The van der Waals surface area contributed by atoms with Crippen LogP contribution in [0.5, 0.6) is 0 Å². The summed E-state index contributed by atoms with van der Waals surface area (Å²) in [6.45, 7) is 5.67. The van der Waals surface area contributed by atoms with Gasteiger partial charge < -0.3 is 5.32 Å².